The Kier molecular flexibility index (Phi) is 2.35. The van der Waals surface area contributed by atoms with Gasteiger partial charge >= 0.3 is 0 Å². The van der Waals surface area contributed by atoms with Crippen LogP contribution in [0.3, 0.4) is 0 Å². The number of nitrogens with two attached hydrogens (primary N) is 1. The maximum absolute atomic E-state index is 11.4. The Hall–Kier alpha value is -0.880. The minimum atomic E-state index is -2.84. The molecular formula is C11H17N3O2S. The predicted molar refractivity (Wildman–Crippen MR) is 64.4 cm³/mol. The fourth-order valence-corrected chi connectivity index (χ4v) is 4.10. The van der Waals surface area contributed by atoms with Crippen molar-refractivity contribution in [2.75, 3.05) is 11.5 Å². The van der Waals surface area contributed by atoms with Crippen LogP contribution in [-0.2, 0) is 16.3 Å². The zero-order chi connectivity index (χ0) is 12.1. The van der Waals surface area contributed by atoms with Crippen LogP contribution < -0.4 is 5.73 Å². The molecule has 1 saturated heterocycles. The van der Waals surface area contributed by atoms with Gasteiger partial charge in [-0.15, -0.1) is 0 Å². The summed E-state index contributed by atoms with van der Waals surface area (Å²) in [6.45, 7) is 0. The van der Waals surface area contributed by atoms with Crippen LogP contribution in [0.2, 0.25) is 0 Å². The number of nitrogens with zero attached hydrogens (tertiary/aromatic N) is 2. The molecule has 6 heteroatoms. The molecule has 0 radical (unpaired) electrons. The van der Waals surface area contributed by atoms with Gasteiger partial charge in [0, 0.05) is 11.7 Å². The molecule has 2 aliphatic rings. The van der Waals surface area contributed by atoms with E-state index >= 15 is 0 Å². The summed E-state index contributed by atoms with van der Waals surface area (Å²) in [4.78, 5) is 0. The molecule has 0 aromatic carbocycles. The zero-order valence-electron chi connectivity index (χ0n) is 9.67. The Morgan fingerprint density at radius 1 is 1.53 bits per heavy atom. The number of hydrogen-bond acceptors (Lipinski definition) is 4. The van der Waals surface area contributed by atoms with Crippen molar-refractivity contribution < 1.29 is 8.42 Å². The Labute approximate surface area is 101 Å². The summed E-state index contributed by atoms with van der Waals surface area (Å²) in [5.41, 5.74) is 7.15. The van der Waals surface area contributed by atoms with Gasteiger partial charge in [-0.1, -0.05) is 0 Å². The van der Waals surface area contributed by atoms with Crippen molar-refractivity contribution >= 4 is 9.84 Å². The second-order valence-electron chi connectivity index (χ2n) is 5.42. The van der Waals surface area contributed by atoms with E-state index in [1.165, 1.54) is 0 Å². The lowest BCUT2D eigenvalue weighted by atomic mass is 10.1. The normalized spacial score (nSPS) is 29.4. The summed E-state index contributed by atoms with van der Waals surface area (Å²) < 4.78 is 24.6. The van der Waals surface area contributed by atoms with Gasteiger partial charge in [-0.05, 0) is 31.2 Å². The molecule has 2 N–H and O–H groups in total. The quantitative estimate of drug-likeness (QED) is 0.841. The number of rotatable bonds is 3. The van der Waals surface area contributed by atoms with Crippen molar-refractivity contribution in [1.82, 2.24) is 9.78 Å². The molecule has 0 bridgehead atoms. The maximum Gasteiger partial charge on any atom is 0.152 e. The number of sulfone groups is 1. The molecule has 2 fully saturated rings. The minimum absolute atomic E-state index is 0.0154. The molecule has 1 aliphatic heterocycles. The summed E-state index contributed by atoms with van der Waals surface area (Å²) in [5.74, 6) is 0.509. The second-order valence-corrected chi connectivity index (χ2v) is 7.65. The van der Waals surface area contributed by atoms with E-state index in [9.17, 15) is 8.42 Å². The fraction of sp³-hybridized carbons (Fsp3) is 0.727. The average molecular weight is 255 g/mol. The number of aromatic nitrogens is 2. The van der Waals surface area contributed by atoms with Gasteiger partial charge in [0.05, 0.1) is 23.7 Å². The van der Waals surface area contributed by atoms with E-state index in [4.69, 9.17) is 5.73 Å². The van der Waals surface area contributed by atoms with Crippen LogP contribution in [0.25, 0.3) is 0 Å². The standard InChI is InChI=1S/C11H17N3O2S/c12-11(2-3-11)5-9-6-13-14(7-9)10-1-4-17(15,16)8-10/h6-7,10H,1-5,8,12H2. The number of hydrogen-bond donors (Lipinski definition) is 1. The van der Waals surface area contributed by atoms with Crippen molar-refractivity contribution in [3.63, 3.8) is 0 Å². The van der Waals surface area contributed by atoms with E-state index < -0.39 is 9.84 Å². The minimum Gasteiger partial charge on any atom is -0.325 e. The van der Waals surface area contributed by atoms with Gasteiger partial charge in [0.2, 0.25) is 0 Å². The lowest BCUT2D eigenvalue weighted by Crippen LogP contribution is -2.24. The fourth-order valence-electron chi connectivity index (χ4n) is 2.40. The molecule has 1 atom stereocenters. The predicted octanol–water partition coefficient (Wildman–Crippen LogP) is 0.276. The Morgan fingerprint density at radius 3 is 2.88 bits per heavy atom. The Bertz CT molecular complexity index is 531. The molecule has 2 heterocycles. The van der Waals surface area contributed by atoms with Gasteiger partial charge < -0.3 is 5.73 Å². The van der Waals surface area contributed by atoms with Crippen LogP contribution in [0, 0.1) is 0 Å². The first-order valence-electron chi connectivity index (χ1n) is 5.98. The van der Waals surface area contributed by atoms with E-state index in [0.717, 1.165) is 24.8 Å². The van der Waals surface area contributed by atoms with E-state index in [1.54, 1.807) is 4.68 Å². The third-order valence-electron chi connectivity index (χ3n) is 3.69. The zero-order valence-corrected chi connectivity index (χ0v) is 10.5. The molecule has 3 rings (SSSR count). The molecular weight excluding hydrogens is 238 g/mol. The highest BCUT2D eigenvalue weighted by Crippen LogP contribution is 2.35. The molecule has 17 heavy (non-hydrogen) atoms. The summed E-state index contributed by atoms with van der Waals surface area (Å²) in [7, 11) is -2.84. The molecule has 5 nitrogen and oxygen atoms in total. The molecule has 1 aliphatic carbocycles. The largest absolute Gasteiger partial charge is 0.325 e. The van der Waals surface area contributed by atoms with Crippen molar-refractivity contribution in [3.8, 4) is 0 Å². The third kappa shape index (κ3) is 2.37. The van der Waals surface area contributed by atoms with Crippen LogP contribution in [0.4, 0.5) is 0 Å². The second kappa shape index (κ2) is 3.55. The summed E-state index contributed by atoms with van der Waals surface area (Å²) in [5, 5.41) is 4.27. The van der Waals surface area contributed by atoms with E-state index in [2.05, 4.69) is 5.10 Å². The van der Waals surface area contributed by atoms with Crippen LogP contribution in [0.15, 0.2) is 12.4 Å². The Balaban J connectivity index is 1.72. The van der Waals surface area contributed by atoms with Crippen LogP contribution >= 0.6 is 0 Å². The first kappa shape index (κ1) is 11.2. The molecule has 94 valence electrons. The third-order valence-corrected chi connectivity index (χ3v) is 5.44. The first-order valence-corrected chi connectivity index (χ1v) is 7.80. The lowest BCUT2D eigenvalue weighted by molar-refractivity contribution is 0.499. The van der Waals surface area contributed by atoms with Crippen LogP contribution in [0.1, 0.15) is 30.9 Å². The van der Waals surface area contributed by atoms with Gasteiger partial charge in [-0.2, -0.15) is 5.10 Å². The van der Waals surface area contributed by atoms with Crippen molar-refractivity contribution in [2.45, 2.75) is 37.3 Å². The van der Waals surface area contributed by atoms with Crippen molar-refractivity contribution in [3.05, 3.63) is 18.0 Å². The highest BCUT2D eigenvalue weighted by molar-refractivity contribution is 7.91. The van der Waals surface area contributed by atoms with Gasteiger partial charge in [0.15, 0.2) is 9.84 Å². The lowest BCUT2D eigenvalue weighted by Gasteiger charge is -2.08. The molecule has 1 unspecified atom stereocenters. The molecule has 1 aromatic heterocycles. The molecule has 1 saturated carbocycles. The van der Waals surface area contributed by atoms with Crippen LogP contribution in [-0.4, -0.2) is 35.2 Å². The highest BCUT2D eigenvalue weighted by Gasteiger charge is 2.38. The smallest absolute Gasteiger partial charge is 0.152 e. The van der Waals surface area contributed by atoms with Gasteiger partial charge in [-0.25, -0.2) is 8.42 Å². The highest BCUT2D eigenvalue weighted by atomic mass is 32.2. The summed E-state index contributed by atoms with van der Waals surface area (Å²) in [6, 6.07) is 0.0154. The Morgan fingerprint density at radius 2 is 2.29 bits per heavy atom. The summed E-state index contributed by atoms with van der Waals surface area (Å²) >= 11 is 0. The van der Waals surface area contributed by atoms with Crippen molar-refractivity contribution in [2.24, 2.45) is 5.73 Å². The molecule has 0 amide bonds. The molecule has 1 aromatic rings. The topological polar surface area (TPSA) is 78.0 Å². The maximum atomic E-state index is 11.4. The van der Waals surface area contributed by atoms with Crippen LogP contribution in [0.5, 0.6) is 0 Å². The van der Waals surface area contributed by atoms with Gasteiger partial charge in [0.25, 0.3) is 0 Å². The first-order chi connectivity index (χ1) is 7.96. The summed E-state index contributed by atoms with van der Waals surface area (Å²) in [6.07, 6.45) is 7.46. The SMILES string of the molecule is NC1(Cc2cnn(C3CCS(=O)(=O)C3)c2)CC1. The monoisotopic (exact) mass is 255 g/mol. The average Bonchev–Trinajstić information content (AvgIpc) is 2.67. The van der Waals surface area contributed by atoms with E-state index in [-0.39, 0.29) is 23.1 Å². The van der Waals surface area contributed by atoms with E-state index in [1.807, 2.05) is 12.4 Å². The van der Waals surface area contributed by atoms with Gasteiger partial charge in [0.1, 0.15) is 0 Å². The van der Waals surface area contributed by atoms with Gasteiger partial charge in [-0.3, -0.25) is 4.68 Å². The van der Waals surface area contributed by atoms with Crippen molar-refractivity contribution in [1.29, 1.82) is 0 Å². The molecule has 0 spiro atoms. The van der Waals surface area contributed by atoms with E-state index in [0.29, 0.717) is 6.42 Å².